The van der Waals surface area contributed by atoms with E-state index in [1.165, 1.54) is 24.9 Å². The van der Waals surface area contributed by atoms with E-state index in [0.29, 0.717) is 6.10 Å². The van der Waals surface area contributed by atoms with Crippen LogP contribution < -0.4 is 10.1 Å². The molecule has 0 spiro atoms. The van der Waals surface area contributed by atoms with Crippen LogP contribution in [0, 0.1) is 0 Å². The minimum atomic E-state index is 0.316. The first-order chi connectivity index (χ1) is 8.75. The highest BCUT2D eigenvalue weighted by Crippen LogP contribution is 2.27. The third kappa shape index (κ3) is 4.00. The van der Waals surface area contributed by atoms with Gasteiger partial charge in [0.1, 0.15) is 11.9 Å². The summed E-state index contributed by atoms with van der Waals surface area (Å²) in [7, 11) is 4.24. The zero-order valence-electron chi connectivity index (χ0n) is 11.5. The highest BCUT2D eigenvalue weighted by molar-refractivity contribution is 5.37. The summed E-state index contributed by atoms with van der Waals surface area (Å²) in [6, 6.07) is 8.34. The molecule has 0 aromatic heterocycles. The van der Waals surface area contributed by atoms with Crippen LogP contribution in [0.3, 0.4) is 0 Å². The fourth-order valence-electron chi connectivity index (χ4n) is 2.31. The van der Waals surface area contributed by atoms with E-state index in [2.05, 4.69) is 42.5 Å². The first-order valence-corrected chi connectivity index (χ1v) is 6.85. The smallest absolute Gasteiger partial charge is 0.123 e. The molecule has 1 aliphatic heterocycles. The van der Waals surface area contributed by atoms with Gasteiger partial charge in [0.15, 0.2) is 0 Å². The molecular weight excluding hydrogens is 224 g/mol. The maximum absolute atomic E-state index is 5.88. The molecule has 1 heterocycles. The monoisotopic (exact) mass is 248 g/mol. The number of benzene rings is 1. The van der Waals surface area contributed by atoms with Crippen LogP contribution in [0.2, 0.25) is 0 Å². The van der Waals surface area contributed by atoms with Gasteiger partial charge in [-0.2, -0.15) is 0 Å². The number of fused-ring (bicyclic) bond motifs is 1. The lowest BCUT2D eigenvalue weighted by atomic mass is 10.1. The number of nitrogens with one attached hydrogen (secondary N) is 1. The van der Waals surface area contributed by atoms with Crippen molar-refractivity contribution in [2.24, 2.45) is 0 Å². The van der Waals surface area contributed by atoms with Crippen molar-refractivity contribution in [3.63, 3.8) is 0 Å². The molecule has 3 nitrogen and oxygen atoms in total. The maximum atomic E-state index is 5.88. The molecule has 0 radical (unpaired) electrons. The highest BCUT2D eigenvalue weighted by atomic mass is 16.5. The Morgan fingerprint density at radius 3 is 2.89 bits per heavy atom. The van der Waals surface area contributed by atoms with E-state index in [-0.39, 0.29) is 0 Å². The van der Waals surface area contributed by atoms with E-state index in [1.807, 2.05) is 6.07 Å². The second-order valence-electron chi connectivity index (χ2n) is 5.27. The number of unbranched alkanes of at least 4 members (excludes halogenated alkanes) is 1. The molecule has 1 N–H and O–H groups in total. The molecule has 1 aromatic carbocycles. The molecule has 0 amide bonds. The van der Waals surface area contributed by atoms with Crippen molar-refractivity contribution < 1.29 is 4.74 Å². The van der Waals surface area contributed by atoms with Crippen LogP contribution in [0.5, 0.6) is 5.75 Å². The average Bonchev–Trinajstić information content (AvgIpc) is 2.75. The van der Waals surface area contributed by atoms with Crippen molar-refractivity contribution in [1.29, 1.82) is 0 Å². The van der Waals surface area contributed by atoms with Crippen molar-refractivity contribution in [2.75, 3.05) is 33.7 Å². The van der Waals surface area contributed by atoms with Gasteiger partial charge in [-0.1, -0.05) is 18.2 Å². The van der Waals surface area contributed by atoms with Gasteiger partial charge in [0, 0.05) is 13.0 Å². The van der Waals surface area contributed by atoms with Crippen LogP contribution >= 0.6 is 0 Å². The molecule has 2 rings (SSSR count). The Morgan fingerprint density at radius 1 is 1.28 bits per heavy atom. The Kier molecular flexibility index (Phi) is 5.02. The Morgan fingerprint density at radius 2 is 2.11 bits per heavy atom. The third-order valence-electron chi connectivity index (χ3n) is 3.29. The molecule has 1 aromatic rings. The van der Waals surface area contributed by atoms with Gasteiger partial charge in [0.2, 0.25) is 0 Å². The van der Waals surface area contributed by atoms with Crippen LogP contribution in [0.4, 0.5) is 0 Å². The van der Waals surface area contributed by atoms with Crippen molar-refractivity contribution in [3.8, 4) is 5.75 Å². The molecule has 100 valence electrons. The first-order valence-electron chi connectivity index (χ1n) is 6.85. The van der Waals surface area contributed by atoms with Crippen LogP contribution in [-0.2, 0) is 6.42 Å². The Hall–Kier alpha value is -1.06. The molecule has 0 bridgehead atoms. The zero-order valence-corrected chi connectivity index (χ0v) is 11.5. The number of para-hydroxylation sites is 1. The molecule has 18 heavy (non-hydrogen) atoms. The Labute approximate surface area is 110 Å². The van der Waals surface area contributed by atoms with E-state index in [9.17, 15) is 0 Å². The minimum Gasteiger partial charge on any atom is -0.488 e. The molecule has 0 saturated carbocycles. The topological polar surface area (TPSA) is 24.5 Å². The number of hydrogen-bond acceptors (Lipinski definition) is 3. The lowest BCUT2D eigenvalue weighted by molar-refractivity contribution is 0.227. The zero-order chi connectivity index (χ0) is 12.8. The van der Waals surface area contributed by atoms with Crippen molar-refractivity contribution in [2.45, 2.75) is 25.4 Å². The van der Waals surface area contributed by atoms with Crippen LogP contribution in [0.1, 0.15) is 18.4 Å². The van der Waals surface area contributed by atoms with Gasteiger partial charge in [-0.25, -0.2) is 0 Å². The molecule has 0 fully saturated rings. The summed E-state index contributed by atoms with van der Waals surface area (Å²) in [5.74, 6) is 1.07. The van der Waals surface area contributed by atoms with Gasteiger partial charge in [-0.05, 0) is 51.7 Å². The summed E-state index contributed by atoms with van der Waals surface area (Å²) in [5, 5.41) is 3.49. The van der Waals surface area contributed by atoms with Crippen LogP contribution in [0.15, 0.2) is 24.3 Å². The SMILES string of the molecule is CN(C)CCCCNCC1Cc2ccccc2O1. The standard InChI is InChI=1S/C15H24N2O/c1-17(2)10-6-5-9-16-12-14-11-13-7-3-4-8-15(13)18-14/h3-4,7-8,14,16H,5-6,9-12H2,1-2H3. The molecule has 0 aliphatic carbocycles. The predicted molar refractivity (Wildman–Crippen MR) is 75.2 cm³/mol. The molecule has 1 atom stereocenters. The Balaban J connectivity index is 1.57. The minimum absolute atomic E-state index is 0.316. The summed E-state index contributed by atoms with van der Waals surface area (Å²) >= 11 is 0. The van der Waals surface area contributed by atoms with Gasteiger partial charge < -0.3 is 15.0 Å². The predicted octanol–water partition coefficient (Wildman–Crippen LogP) is 1.92. The lowest BCUT2D eigenvalue weighted by Crippen LogP contribution is -2.31. The van der Waals surface area contributed by atoms with E-state index >= 15 is 0 Å². The van der Waals surface area contributed by atoms with Gasteiger partial charge in [0.05, 0.1) is 0 Å². The van der Waals surface area contributed by atoms with E-state index in [4.69, 9.17) is 4.74 Å². The fourth-order valence-corrected chi connectivity index (χ4v) is 2.31. The van der Waals surface area contributed by atoms with E-state index in [1.54, 1.807) is 0 Å². The number of ether oxygens (including phenoxy) is 1. The normalized spacial score (nSPS) is 17.8. The molecule has 0 saturated heterocycles. The van der Waals surface area contributed by atoms with Gasteiger partial charge in [-0.15, -0.1) is 0 Å². The second kappa shape index (κ2) is 6.76. The summed E-state index contributed by atoms with van der Waals surface area (Å²) < 4.78 is 5.88. The summed E-state index contributed by atoms with van der Waals surface area (Å²) in [6.07, 6.45) is 3.85. The largest absolute Gasteiger partial charge is 0.488 e. The molecule has 3 heteroatoms. The fraction of sp³-hybridized carbons (Fsp3) is 0.600. The summed E-state index contributed by atoms with van der Waals surface area (Å²) in [4.78, 5) is 2.23. The molecule has 1 aliphatic rings. The van der Waals surface area contributed by atoms with Gasteiger partial charge in [0.25, 0.3) is 0 Å². The van der Waals surface area contributed by atoms with E-state index in [0.717, 1.165) is 25.3 Å². The van der Waals surface area contributed by atoms with Crippen molar-refractivity contribution in [3.05, 3.63) is 29.8 Å². The second-order valence-corrected chi connectivity index (χ2v) is 5.27. The highest BCUT2D eigenvalue weighted by Gasteiger charge is 2.21. The lowest BCUT2D eigenvalue weighted by Gasteiger charge is -2.12. The summed E-state index contributed by atoms with van der Waals surface area (Å²) in [6.45, 7) is 3.22. The number of rotatable bonds is 7. The average molecular weight is 248 g/mol. The van der Waals surface area contributed by atoms with Crippen LogP contribution in [0.25, 0.3) is 0 Å². The van der Waals surface area contributed by atoms with Gasteiger partial charge in [-0.3, -0.25) is 0 Å². The van der Waals surface area contributed by atoms with E-state index < -0.39 is 0 Å². The van der Waals surface area contributed by atoms with Gasteiger partial charge >= 0.3 is 0 Å². The molecular formula is C15H24N2O. The quantitative estimate of drug-likeness (QED) is 0.746. The Bertz CT molecular complexity index is 340. The summed E-state index contributed by atoms with van der Waals surface area (Å²) in [5.41, 5.74) is 1.34. The van der Waals surface area contributed by atoms with Crippen molar-refractivity contribution in [1.82, 2.24) is 10.2 Å². The maximum Gasteiger partial charge on any atom is 0.123 e. The van der Waals surface area contributed by atoms with Crippen LogP contribution in [-0.4, -0.2) is 44.7 Å². The molecule has 1 unspecified atom stereocenters. The number of hydrogen-bond donors (Lipinski definition) is 1. The number of nitrogens with zero attached hydrogens (tertiary/aromatic N) is 1. The first kappa shape index (κ1) is 13.4. The third-order valence-corrected chi connectivity index (χ3v) is 3.29. The van der Waals surface area contributed by atoms with Crippen molar-refractivity contribution >= 4 is 0 Å².